The third-order valence-electron chi connectivity index (χ3n) is 3.45. The lowest BCUT2D eigenvalue weighted by Crippen LogP contribution is -2.38. The molecule has 1 saturated heterocycles. The van der Waals surface area contributed by atoms with Crippen molar-refractivity contribution < 1.29 is 4.79 Å². The number of rotatable bonds is 5. The van der Waals surface area contributed by atoms with Crippen molar-refractivity contribution in [3.8, 4) is 0 Å². The van der Waals surface area contributed by atoms with E-state index in [0.717, 1.165) is 44.7 Å². The van der Waals surface area contributed by atoms with Crippen molar-refractivity contribution in [1.29, 1.82) is 0 Å². The van der Waals surface area contributed by atoms with Crippen LogP contribution >= 0.6 is 0 Å². The molecule has 1 aliphatic heterocycles. The fourth-order valence-electron chi connectivity index (χ4n) is 2.42. The highest BCUT2D eigenvalue weighted by Crippen LogP contribution is 2.21. The molecule has 1 fully saturated rings. The van der Waals surface area contributed by atoms with Gasteiger partial charge in [0.2, 0.25) is 5.91 Å². The van der Waals surface area contributed by atoms with Gasteiger partial charge in [0.25, 0.3) is 0 Å². The Morgan fingerprint density at radius 1 is 1.41 bits per heavy atom. The van der Waals surface area contributed by atoms with Gasteiger partial charge in [-0.25, -0.2) is 0 Å². The van der Waals surface area contributed by atoms with Crippen LogP contribution < -0.4 is 0 Å². The quantitative estimate of drug-likeness (QED) is 0.667. The monoisotopic (exact) mass is 235 g/mol. The van der Waals surface area contributed by atoms with Crippen LogP contribution in [0.4, 0.5) is 0 Å². The lowest BCUT2D eigenvalue weighted by atomic mass is 9.93. The highest BCUT2D eigenvalue weighted by atomic mass is 16.2. The molecule has 0 radical (unpaired) electrons. The van der Waals surface area contributed by atoms with E-state index in [0.29, 0.717) is 12.3 Å². The molecule has 2 heteroatoms. The Labute approximate surface area is 105 Å². The molecule has 2 nitrogen and oxygen atoms in total. The van der Waals surface area contributed by atoms with Crippen molar-refractivity contribution in [2.45, 2.75) is 46.0 Å². The Balaban J connectivity index is 2.35. The van der Waals surface area contributed by atoms with Gasteiger partial charge in [0.15, 0.2) is 0 Å². The molecule has 17 heavy (non-hydrogen) atoms. The Morgan fingerprint density at radius 3 is 2.59 bits per heavy atom. The van der Waals surface area contributed by atoms with E-state index < -0.39 is 0 Å². The standard InChI is InChI=1S/C15H25NO/c1-4-6-13(3)12-15(17)16-10-8-14(7-5-2)9-11-16/h5-6,14H,2,4,7-12H2,1,3H3/b13-6-. The van der Waals surface area contributed by atoms with E-state index in [-0.39, 0.29) is 0 Å². The lowest BCUT2D eigenvalue weighted by molar-refractivity contribution is -0.131. The fraction of sp³-hybridized carbons (Fsp3) is 0.667. The first kappa shape index (κ1) is 14.0. The first-order chi connectivity index (χ1) is 8.17. The van der Waals surface area contributed by atoms with Crippen LogP contribution in [0.1, 0.15) is 46.0 Å². The van der Waals surface area contributed by atoms with Crippen LogP contribution in [-0.4, -0.2) is 23.9 Å². The zero-order valence-electron chi connectivity index (χ0n) is 11.2. The molecule has 1 aliphatic rings. The molecule has 0 aromatic carbocycles. The van der Waals surface area contributed by atoms with Gasteiger partial charge in [-0.3, -0.25) is 4.79 Å². The number of amides is 1. The van der Waals surface area contributed by atoms with Crippen molar-refractivity contribution in [3.05, 3.63) is 24.3 Å². The zero-order valence-corrected chi connectivity index (χ0v) is 11.2. The molecule has 0 bridgehead atoms. The summed E-state index contributed by atoms with van der Waals surface area (Å²) in [5.74, 6) is 1.04. The molecule has 0 aliphatic carbocycles. The molecule has 0 N–H and O–H groups in total. The molecular formula is C15H25NO. The Bertz CT molecular complexity index is 285. The highest BCUT2D eigenvalue weighted by Gasteiger charge is 2.21. The van der Waals surface area contributed by atoms with Crippen LogP contribution in [0.15, 0.2) is 24.3 Å². The van der Waals surface area contributed by atoms with E-state index in [4.69, 9.17) is 0 Å². The van der Waals surface area contributed by atoms with Crippen LogP contribution in [0.5, 0.6) is 0 Å². The van der Waals surface area contributed by atoms with Gasteiger partial charge in [-0.05, 0) is 38.5 Å². The van der Waals surface area contributed by atoms with Crippen LogP contribution in [0, 0.1) is 5.92 Å². The van der Waals surface area contributed by atoms with Gasteiger partial charge in [-0.2, -0.15) is 0 Å². The summed E-state index contributed by atoms with van der Waals surface area (Å²) in [6.45, 7) is 9.79. The molecule has 0 saturated carbocycles. The molecule has 1 amide bonds. The second-order valence-corrected chi connectivity index (χ2v) is 4.98. The Morgan fingerprint density at radius 2 is 2.06 bits per heavy atom. The maximum absolute atomic E-state index is 12.0. The summed E-state index contributed by atoms with van der Waals surface area (Å²) in [6.07, 6.45) is 9.11. The van der Waals surface area contributed by atoms with Crippen LogP contribution in [0.3, 0.4) is 0 Å². The number of carbonyl (C=O) groups excluding carboxylic acids is 1. The van der Waals surface area contributed by atoms with Gasteiger partial charge in [0.1, 0.15) is 0 Å². The minimum absolute atomic E-state index is 0.296. The topological polar surface area (TPSA) is 20.3 Å². The molecule has 96 valence electrons. The molecule has 0 aromatic heterocycles. The van der Waals surface area contributed by atoms with E-state index in [9.17, 15) is 4.79 Å². The van der Waals surface area contributed by atoms with E-state index in [1.54, 1.807) is 0 Å². The predicted molar refractivity (Wildman–Crippen MR) is 72.8 cm³/mol. The molecule has 0 atom stereocenters. The van der Waals surface area contributed by atoms with E-state index in [2.05, 4.69) is 19.6 Å². The summed E-state index contributed by atoms with van der Waals surface area (Å²) in [4.78, 5) is 14.0. The zero-order chi connectivity index (χ0) is 12.7. The van der Waals surface area contributed by atoms with Crippen molar-refractivity contribution in [2.24, 2.45) is 5.92 Å². The van der Waals surface area contributed by atoms with Crippen molar-refractivity contribution in [1.82, 2.24) is 4.90 Å². The number of piperidine rings is 1. The maximum Gasteiger partial charge on any atom is 0.226 e. The maximum atomic E-state index is 12.0. The second-order valence-electron chi connectivity index (χ2n) is 4.98. The van der Waals surface area contributed by atoms with Crippen molar-refractivity contribution in [3.63, 3.8) is 0 Å². The summed E-state index contributed by atoms with van der Waals surface area (Å²) in [5.41, 5.74) is 1.20. The number of likely N-dealkylation sites (tertiary alicyclic amines) is 1. The third-order valence-corrected chi connectivity index (χ3v) is 3.45. The Hall–Kier alpha value is -1.05. The molecule has 0 aromatic rings. The molecule has 0 spiro atoms. The van der Waals surface area contributed by atoms with E-state index >= 15 is 0 Å². The van der Waals surface area contributed by atoms with Gasteiger partial charge in [-0.15, -0.1) is 6.58 Å². The van der Waals surface area contributed by atoms with Crippen molar-refractivity contribution >= 4 is 5.91 Å². The average Bonchev–Trinajstić information content (AvgIpc) is 2.30. The van der Waals surface area contributed by atoms with Gasteiger partial charge in [0, 0.05) is 19.5 Å². The molecular weight excluding hydrogens is 210 g/mol. The number of allylic oxidation sites excluding steroid dienone is 2. The Kier molecular flexibility index (Phi) is 6.03. The first-order valence-electron chi connectivity index (χ1n) is 6.71. The van der Waals surface area contributed by atoms with Crippen LogP contribution in [-0.2, 0) is 4.79 Å². The largest absolute Gasteiger partial charge is 0.342 e. The van der Waals surface area contributed by atoms with Crippen LogP contribution in [0.25, 0.3) is 0 Å². The van der Waals surface area contributed by atoms with Gasteiger partial charge in [0.05, 0.1) is 0 Å². The highest BCUT2D eigenvalue weighted by molar-refractivity contribution is 5.78. The second kappa shape index (κ2) is 7.31. The summed E-state index contributed by atoms with van der Waals surface area (Å²) < 4.78 is 0. The SMILES string of the molecule is C=CCC1CCN(C(=O)C/C(C)=C\CC)CC1. The average molecular weight is 235 g/mol. The number of carbonyl (C=O) groups is 1. The van der Waals surface area contributed by atoms with E-state index in [1.165, 1.54) is 5.57 Å². The minimum Gasteiger partial charge on any atom is -0.342 e. The number of nitrogens with zero attached hydrogens (tertiary/aromatic N) is 1. The smallest absolute Gasteiger partial charge is 0.226 e. The molecule has 0 unspecified atom stereocenters. The lowest BCUT2D eigenvalue weighted by Gasteiger charge is -2.31. The molecule has 1 heterocycles. The minimum atomic E-state index is 0.296. The first-order valence-corrected chi connectivity index (χ1v) is 6.71. The van der Waals surface area contributed by atoms with Crippen LogP contribution in [0.2, 0.25) is 0 Å². The summed E-state index contributed by atoms with van der Waals surface area (Å²) in [7, 11) is 0. The number of hydrogen-bond acceptors (Lipinski definition) is 1. The van der Waals surface area contributed by atoms with Crippen molar-refractivity contribution in [2.75, 3.05) is 13.1 Å². The number of hydrogen-bond donors (Lipinski definition) is 0. The fourth-order valence-corrected chi connectivity index (χ4v) is 2.42. The van der Waals surface area contributed by atoms with Gasteiger partial charge < -0.3 is 4.90 Å². The third kappa shape index (κ3) is 4.76. The summed E-state index contributed by atoms with van der Waals surface area (Å²) in [5, 5.41) is 0. The summed E-state index contributed by atoms with van der Waals surface area (Å²) in [6, 6.07) is 0. The van der Waals surface area contributed by atoms with Gasteiger partial charge in [-0.1, -0.05) is 24.6 Å². The van der Waals surface area contributed by atoms with E-state index in [1.807, 2.05) is 17.9 Å². The normalized spacial score (nSPS) is 18.2. The van der Waals surface area contributed by atoms with Gasteiger partial charge >= 0.3 is 0 Å². The molecule has 1 rings (SSSR count). The predicted octanol–water partition coefficient (Wildman–Crippen LogP) is 3.55. The summed E-state index contributed by atoms with van der Waals surface area (Å²) >= 11 is 0.